The van der Waals surface area contributed by atoms with Crippen molar-refractivity contribution in [3.05, 3.63) is 191 Å². The van der Waals surface area contributed by atoms with Gasteiger partial charge in [0.25, 0.3) is 0 Å². The van der Waals surface area contributed by atoms with Crippen LogP contribution in [0.3, 0.4) is 0 Å². The minimum absolute atomic E-state index is 0.00435. The molecule has 1 aromatic heterocycles. The van der Waals surface area contributed by atoms with E-state index in [2.05, 4.69) is 171 Å². The first-order valence-electron chi connectivity index (χ1n) is 27.9. The van der Waals surface area contributed by atoms with E-state index in [-0.39, 0.29) is 34.5 Å². The molecule has 4 heteroatoms. The fourth-order valence-electron chi connectivity index (χ4n) is 13.4. The van der Waals surface area contributed by atoms with Crippen LogP contribution in [0.4, 0.5) is 0 Å². The van der Waals surface area contributed by atoms with Crippen LogP contribution >= 0.6 is 11.7 Å². The maximum atomic E-state index is 6.82. The molecule has 6 aliphatic carbocycles. The first-order chi connectivity index (χ1) is 35.3. The molecule has 73 heavy (non-hydrogen) atoms. The second-order valence-electron chi connectivity index (χ2n) is 23.9. The van der Waals surface area contributed by atoms with Crippen LogP contribution in [-0.4, -0.2) is 15.4 Å². The molecule has 0 unspecified atom stereocenters. The molecule has 1 heterocycles. The van der Waals surface area contributed by atoms with Gasteiger partial charge in [0.05, 0.1) is 23.9 Å². The number of hydrogen-bond donors (Lipinski definition) is 0. The first-order valence-corrected chi connectivity index (χ1v) is 28.6. The fraction of sp³-hybridized carbons (Fsp3) is 0.420. The van der Waals surface area contributed by atoms with Gasteiger partial charge in [0.15, 0.2) is 0 Å². The van der Waals surface area contributed by atoms with E-state index >= 15 is 0 Å². The number of rotatable bonds is 14. The molecule has 6 aromatic carbocycles. The van der Waals surface area contributed by atoms with Gasteiger partial charge >= 0.3 is 0 Å². The number of benzene rings is 6. The second kappa shape index (κ2) is 19.7. The minimum Gasteiger partial charge on any atom is -0.493 e. The van der Waals surface area contributed by atoms with Gasteiger partial charge in [-0.1, -0.05) is 222 Å². The lowest BCUT2D eigenvalue weighted by molar-refractivity contribution is 0.301. The molecule has 0 N–H and O–H groups in total. The summed E-state index contributed by atoms with van der Waals surface area (Å²) in [7, 11) is 0. The van der Waals surface area contributed by atoms with Crippen molar-refractivity contribution in [3.63, 3.8) is 0 Å². The molecule has 0 saturated heterocycles. The Kier molecular flexibility index (Phi) is 13.3. The van der Waals surface area contributed by atoms with E-state index in [1.165, 1.54) is 166 Å². The molecule has 6 aliphatic rings. The highest BCUT2D eigenvalue weighted by molar-refractivity contribution is 7.00. The minimum atomic E-state index is -0.0196. The summed E-state index contributed by atoms with van der Waals surface area (Å²) in [6, 6.07) is 33.2. The summed E-state index contributed by atoms with van der Waals surface area (Å²) in [4.78, 5) is 0. The molecule has 7 aromatic rings. The molecule has 4 bridgehead atoms. The van der Waals surface area contributed by atoms with Crippen LogP contribution in [-0.2, 0) is 10.8 Å². The predicted octanol–water partition coefficient (Wildman–Crippen LogP) is 17.7. The van der Waals surface area contributed by atoms with Gasteiger partial charge in [-0.3, -0.25) is 0 Å². The number of fused-ring (bicyclic) bond motifs is 1. The molecule has 2 atom stereocenters. The number of ether oxygens (including phenoxy) is 1. The summed E-state index contributed by atoms with van der Waals surface area (Å²) in [6.45, 7) is 23.4. The van der Waals surface area contributed by atoms with E-state index in [1.54, 1.807) is 0 Å². The Morgan fingerprint density at radius 3 is 1.32 bits per heavy atom. The Morgan fingerprint density at radius 2 is 0.863 bits per heavy atom. The zero-order chi connectivity index (χ0) is 50.8. The summed E-state index contributed by atoms with van der Waals surface area (Å²) >= 11 is 1.28. The lowest BCUT2D eigenvalue weighted by atomic mass is 9.53. The Labute approximate surface area is 441 Å². The number of hydrogen-bond acceptors (Lipinski definition) is 4. The van der Waals surface area contributed by atoms with Crippen LogP contribution in [0.2, 0.25) is 0 Å². The third-order valence-electron chi connectivity index (χ3n) is 17.1. The summed E-state index contributed by atoms with van der Waals surface area (Å²) in [5.74, 6) is 16.4. The van der Waals surface area contributed by atoms with Crippen molar-refractivity contribution in [1.29, 1.82) is 0 Å². The average Bonchev–Trinajstić information content (AvgIpc) is 3.88. The SMILES string of the molecule is CC#Cc1c2c(c(C#Cc3c(C)c(OCCCCCCCCCCCCCC)c(C)c4nsnc34)c3c1[C@H]1c4ccccc4[C@H]3c3ccccc31)[C@H]1c3ccc(C(C)(C)C)cc3[C@H]2c2ccc(C(C)(C)C)cc21. The van der Waals surface area contributed by atoms with Crippen molar-refractivity contribution in [2.24, 2.45) is 0 Å². The van der Waals surface area contributed by atoms with E-state index in [4.69, 9.17) is 13.5 Å². The maximum Gasteiger partial charge on any atom is 0.128 e. The van der Waals surface area contributed by atoms with Crippen LogP contribution in [0.15, 0.2) is 84.9 Å². The quantitative estimate of drug-likeness (QED) is 0.0804. The van der Waals surface area contributed by atoms with Gasteiger partial charge in [0, 0.05) is 45.9 Å². The van der Waals surface area contributed by atoms with Crippen LogP contribution < -0.4 is 4.74 Å². The van der Waals surface area contributed by atoms with Crippen LogP contribution in [0, 0.1) is 37.5 Å². The summed E-state index contributed by atoms with van der Waals surface area (Å²) in [5, 5.41) is 0. The summed E-state index contributed by atoms with van der Waals surface area (Å²) in [6.07, 6.45) is 15.8. The monoisotopic (exact) mass is 979 g/mol. The van der Waals surface area contributed by atoms with E-state index in [1.807, 2.05) is 6.92 Å². The summed E-state index contributed by atoms with van der Waals surface area (Å²) in [5.41, 5.74) is 26.4. The van der Waals surface area contributed by atoms with E-state index in [0.29, 0.717) is 6.61 Å². The third-order valence-corrected chi connectivity index (χ3v) is 17.7. The highest BCUT2D eigenvalue weighted by Crippen LogP contribution is 2.64. The van der Waals surface area contributed by atoms with Crippen LogP contribution in [0.1, 0.15) is 262 Å². The zero-order valence-electron chi connectivity index (χ0n) is 45.3. The Morgan fingerprint density at radius 1 is 0.466 bits per heavy atom. The Hall–Kier alpha value is -5.94. The highest BCUT2D eigenvalue weighted by Gasteiger charge is 2.51. The molecular weight excluding hydrogens is 905 g/mol. The molecule has 0 amide bonds. The number of aromatic nitrogens is 2. The van der Waals surface area contributed by atoms with Gasteiger partial charge < -0.3 is 4.74 Å². The topological polar surface area (TPSA) is 35.0 Å². The standard InChI is InChI=1S/C69H74N2OS/c1-11-13-14-15-16-17-18-19-20-21-22-27-39-72-67-42(3)46(66-65(43(67)4)70-73-71-66)37-38-54-63-58-49-31-25-23-29-47(49)57(48-30-24-26-32-50(48)58)61(63)53(28-12-2)62-59-51-35-33-45(69(8,9)10)41-56(51)60(64(54)62)52-36-34-44(40-55(52)59)68(5,6)7/h23-26,29-36,40-41,57-60H,11,13-22,27,39H2,1-10H3/t57-,58-,59-,60+/m1/s1. The molecule has 13 rings (SSSR count). The highest BCUT2D eigenvalue weighted by atomic mass is 32.1. The van der Waals surface area contributed by atoms with Crippen molar-refractivity contribution in [2.45, 2.75) is 181 Å². The van der Waals surface area contributed by atoms with Crippen molar-refractivity contribution < 1.29 is 4.74 Å². The van der Waals surface area contributed by atoms with E-state index in [0.717, 1.165) is 45.5 Å². The normalized spacial score (nSPS) is 17.4. The van der Waals surface area contributed by atoms with Gasteiger partial charge in [-0.15, -0.1) is 5.92 Å². The largest absolute Gasteiger partial charge is 0.493 e. The maximum absolute atomic E-state index is 6.82. The molecular formula is C69H74N2OS. The van der Waals surface area contributed by atoms with Gasteiger partial charge in [-0.25, -0.2) is 0 Å². The van der Waals surface area contributed by atoms with E-state index < -0.39 is 0 Å². The van der Waals surface area contributed by atoms with Gasteiger partial charge in [0.2, 0.25) is 0 Å². The second-order valence-corrected chi connectivity index (χ2v) is 24.4. The molecule has 3 nitrogen and oxygen atoms in total. The molecule has 372 valence electrons. The number of aryl methyl sites for hydroxylation is 1. The van der Waals surface area contributed by atoms with Crippen molar-refractivity contribution in [1.82, 2.24) is 8.75 Å². The summed E-state index contributed by atoms with van der Waals surface area (Å²) < 4.78 is 16.7. The van der Waals surface area contributed by atoms with Crippen LogP contribution in [0.5, 0.6) is 5.75 Å². The smallest absolute Gasteiger partial charge is 0.128 e. The zero-order valence-corrected chi connectivity index (χ0v) is 46.1. The third kappa shape index (κ3) is 8.46. The Bertz CT molecular complexity index is 3370. The number of unbranched alkanes of at least 4 members (excludes halogenated alkanes) is 11. The Balaban J connectivity index is 1.08. The lowest BCUT2D eigenvalue weighted by Crippen LogP contribution is -2.35. The first kappa shape index (κ1) is 49.3. The van der Waals surface area contributed by atoms with Crippen LogP contribution in [0.25, 0.3) is 11.0 Å². The van der Waals surface area contributed by atoms with Gasteiger partial charge in [-0.2, -0.15) is 8.75 Å². The number of nitrogens with zero attached hydrogens (tertiary/aromatic N) is 2. The fourth-order valence-corrected chi connectivity index (χ4v) is 14.0. The molecule has 0 radical (unpaired) electrons. The molecule has 0 aliphatic heterocycles. The van der Waals surface area contributed by atoms with Crippen molar-refractivity contribution in [3.8, 4) is 29.4 Å². The molecule has 0 fully saturated rings. The predicted molar refractivity (Wildman–Crippen MR) is 305 cm³/mol. The molecule has 0 spiro atoms. The van der Waals surface area contributed by atoms with Gasteiger partial charge in [-0.05, 0) is 116 Å². The van der Waals surface area contributed by atoms with E-state index in [9.17, 15) is 0 Å². The van der Waals surface area contributed by atoms with Gasteiger partial charge in [0.1, 0.15) is 16.8 Å². The molecule has 0 saturated carbocycles. The van der Waals surface area contributed by atoms with Crippen molar-refractivity contribution >= 4 is 22.8 Å². The van der Waals surface area contributed by atoms with Crippen molar-refractivity contribution in [2.75, 3.05) is 6.61 Å². The average molecular weight is 979 g/mol. The lowest BCUT2D eigenvalue weighted by Gasteiger charge is -2.49.